The van der Waals surface area contributed by atoms with Crippen molar-refractivity contribution in [1.29, 1.82) is 0 Å². The molecule has 0 aliphatic heterocycles. The van der Waals surface area contributed by atoms with Gasteiger partial charge < -0.3 is 14.5 Å². The lowest BCUT2D eigenvalue weighted by Crippen LogP contribution is -2.23. The van der Waals surface area contributed by atoms with E-state index in [1.807, 2.05) is 0 Å². The zero-order valence-electron chi connectivity index (χ0n) is 13.3. The molecule has 0 atom stereocenters. The number of hydrogen-bond donors (Lipinski definition) is 1. The summed E-state index contributed by atoms with van der Waals surface area (Å²) in [5, 5.41) is 2.70. The fraction of sp³-hybridized carbons (Fsp3) is 0.111. The first kappa shape index (κ1) is 17.5. The fourth-order valence-electron chi connectivity index (χ4n) is 2.24. The molecule has 0 spiro atoms. The van der Waals surface area contributed by atoms with E-state index in [1.54, 1.807) is 30.5 Å². The Labute approximate surface area is 146 Å². The van der Waals surface area contributed by atoms with Gasteiger partial charge in [0.15, 0.2) is 5.76 Å². The number of furan rings is 1. The number of halogens is 3. The standard InChI is InChI=1S/C18H13F3N2O3/c19-18(20,21)26-14-5-3-13(4-6-14)17(24)23-11-12-7-8-22-15(10-12)16-2-1-9-25-16/h1-10H,11H2,(H,23,24). The average molecular weight is 362 g/mol. The number of amides is 1. The van der Waals surface area contributed by atoms with E-state index in [0.29, 0.717) is 11.5 Å². The van der Waals surface area contributed by atoms with Crippen molar-refractivity contribution >= 4 is 5.91 Å². The Hall–Kier alpha value is -3.29. The predicted molar refractivity (Wildman–Crippen MR) is 86.2 cm³/mol. The number of pyridine rings is 1. The second-order valence-corrected chi connectivity index (χ2v) is 5.28. The summed E-state index contributed by atoms with van der Waals surface area (Å²) in [5.41, 5.74) is 1.66. The third-order valence-electron chi connectivity index (χ3n) is 3.40. The molecule has 0 saturated heterocycles. The van der Waals surface area contributed by atoms with Crippen molar-refractivity contribution in [3.63, 3.8) is 0 Å². The van der Waals surface area contributed by atoms with Crippen molar-refractivity contribution in [2.45, 2.75) is 12.9 Å². The monoisotopic (exact) mass is 362 g/mol. The van der Waals surface area contributed by atoms with Crippen molar-refractivity contribution in [1.82, 2.24) is 10.3 Å². The number of rotatable bonds is 5. The van der Waals surface area contributed by atoms with Gasteiger partial charge in [-0.1, -0.05) is 0 Å². The van der Waals surface area contributed by atoms with Gasteiger partial charge in [-0.2, -0.15) is 0 Å². The van der Waals surface area contributed by atoms with E-state index in [0.717, 1.165) is 17.7 Å². The van der Waals surface area contributed by atoms with Gasteiger partial charge in [-0.25, -0.2) is 0 Å². The molecule has 0 unspecified atom stereocenters. The van der Waals surface area contributed by atoms with Crippen molar-refractivity contribution < 1.29 is 27.1 Å². The summed E-state index contributed by atoms with van der Waals surface area (Å²) in [4.78, 5) is 16.3. The van der Waals surface area contributed by atoms with Crippen LogP contribution in [0.3, 0.4) is 0 Å². The topological polar surface area (TPSA) is 64.4 Å². The average Bonchev–Trinajstić information content (AvgIpc) is 3.14. The van der Waals surface area contributed by atoms with Crippen LogP contribution in [0.1, 0.15) is 15.9 Å². The smallest absolute Gasteiger partial charge is 0.463 e. The molecule has 0 fully saturated rings. The van der Waals surface area contributed by atoms with Gasteiger partial charge in [0, 0.05) is 18.3 Å². The summed E-state index contributed by atoms with van der Waals surface area (Å²) >= 11 is 0. The molecule has 3 rings (SSSR count). The second kappa shape index (κ2) is 7.30. The maximum Gasteiger partial charge on any atom is 0.573 e. The van der Waals surface area contributed by atoms with E-state index < -0.39 is 12.3 Å². The summed E-state index contributed by atoms with van der Waals surface area (Å²) in [6.07, 6.45) is -1.63. The summed E-state index contributed by atoms with van der Waals surface area (Å²) in [5.74, 6) is -0.190. The molecule has 0 aliphatic rings. The van der Waals surface area contributed by atoms with Crippen LogP contribution in [0.4, 0.5) is 13.2 Å². The highest BCUT2D eigenvalue weighted by Gasteiger charge is 2.31. The molecule has 2 heterocycles. The quantitative estimate of drug-likeness (QED) is 0.740. The predicted octanol–water partition coefficient (Wildman–Crippen LogP) is 4.17. The first-order valence-corrected chi connectivity index (χ1v) is 7.53. The first-order valence-electron chi connectivity index (χ1n) is 7.53. The number of ether oxygens (including phenoxy) is 1. The van der Waals surface area contributed by atoms with E-state index in [4.69, 9.17) is 4.42 Å². The van der Waals surface area contributed by atoms with Crippen molar-refractivity contribution in [2.24, 2.45) is 0 Å². The van der Waals surface area contributed by atoms with E-state index in [9.17, 15) is 18.0 Å². The number of benzene rings is 1. The van der Waals surface area contributed by atoms with Crippen LogP contribution in [-0.4, -0.2) is 17.3 Å². The number of nitrogens with one attached hydrogen (secondary N) is 1. The molecule has 8 heteroatoms. The number of carbonyl (C=O) groups excluding carboxylic acids is 1. The lowest BCUT2D eigenvalue weighted by molar-refractivity contribution is -0.274. The zero-order valence-corrected chi connectivity index (χ0v) is 13.3. The van der Waals surface area contributed by atoms with Crippen LogP contribution in [0.15, 0.2) is 65.4 Å². The van der Waals surface area contributed by atoms with Crippen molar-refractivity contribution in [3.8, 4) is 17.2 Å². The molecule has 0 radical (unpaired) electrons. The maximum absolute atomic E-state index is 12.1. The Morgan fingerprint density at radius 1 is 1.15 bits per heavy atom. The number of carbonyl (C=O) groups is 1. The number of aromatic nitrogens is 1. The summed E-state index contributed by atoms with van der Waals surface area (Å²) in [7, 11) is 0. The molecule has 0 bridgehead atoms. The Morgan fingerprint density at radius 2 is 1.92 bits per heavy atom. The van der Waals surface area contributed by atoms with Gasteiger partial charge in [-0.05, 0) is 54.1 Å². The largest absolute Gasteiger partial charge is 0.573 e. The molecular weight excluding hydrogens is 349 g/mol. The van der Waals surface area contributed by atoms with Gasteiger partial charge in [0.25, 0.3) is 5.91 Å². The highest BCUT2D eigenvalue weighted by molar-refractivity contribution is 5.94. The van der Waals surface area contributed by atoms with Crippen molar-refractivity contribution in [3.05, 3.63) is 72.1 Å². The number of hydrogen-bond acceptors (Lipinski definition) is 4. The fourth-order valence-corrected chi connectivity index (χ4v) is 2.24. The Bertz CT molecular complexity index is 875. The van der Waals surface area contributed by atoms with Gasteiger partial charge in [0.1, 0.15) is 11.4 Å². The van der Waals surface area contributed by atoms with Crippen LogP contribution >= 0.6 is 0 Å². The van der Waals surface area contributed by atoms with E-state index >= 15 is 0 Å². The molecule has 26 heavy (non-hydrogen) atoms. The molecule has 1 N–H and O–H groups in total. The molecule has 3 aromatic rings. The highest BCUT2D eigenvalue weighted by atomic mass is 19.4. The van der Waals surface area contributed by atoms with Crippen LogP contribution in [-0.2, 0) is 6.54 Å². The van der Waals surface area contributed by atoms with Crippen LogP contribution < -0.4 is 10.1 Å². The van der Waals surface area contributed by atoms with Crippen LogP contribution in [0.25, 0.3) is 11.5 Å². The van der Waals surface area contributed by atoms with Gasteiger partial charge in [-0.15, -0.1) is 13.2 Å². The Kier molecular flexibility index (Phi) is 4.92. The first-order chi connectivity index (χ1) is 12.4. The number of nitrogens with zero attached hydrogens (tertiary/aromatic N) is 1. The van der Waals surface area contributed by atoms with Crippen LogP contribution in [0.2, 0.25) is 0 Å². The molecule has 0 saturated carbocycles. The third-order valence-corrected chi connectivity index (χ3v) is 3.40. The summed E-state index contributed by atoms with van der Waals surface area (Å²) in [6.45, 7) is 0.232. The van der Waals surface area contributed by atoms with Crippen LogP contribution in [0, 0.1) is 0 Å². The SMILES string of the molecule is O=C(NCc1ccnc(-c2ccco2)c1)c1ccc(OC(F)(F)F)cc1. The van der Waals surface area contributed by atoms with Gasteiger partial charge in [-0.3, -0.25) is 9.78 Å². The van der Waals surface area contributed by atoms with Crippen molar-refractivity contribution in [2.75, 3.05) is 0 Å². The normalized spacial score (nSPS) is 11.2. The maximum atomic E-state index is 12.1. The van der Waals surface area contributed by atoms with E-state index in [2.05, 4.69) is 15.0 Å². The molecule has 0 aliphatic carbocycles. The second-order valence-electron chi connectivity index (χ2n) is 5.28. The lowest BCUT2D eigenvalue weighted by Gasteiger charge is -2.10. The summed E-state index contributed by atoms with van der Waals surface area (Å²) in [6, 6.07) is 11.7. The zero-order chi connectivity index (χ0) is 18.6. The van der Waals surface area contributed by atoms with E-state index in [1.165, 1.54) is 18.4 Å². The molecule has 1 amide bonds. The van der Waals surface area contributed by atoms with Gasteiger partial charge in [0.05, 0.1) is 6.26 Å². The molecular formula is C18H13F3N2O3. The minimum Gasteiger partial charge on any atom is -0.463 e. The summed E-state index contributed by atoms with van der Waals surface area (Å²) < 4.78 is 45.4. The minimum absolute atomic E-state index is 0.222. The Balaban J connectivity index is 1.61. The molecule has 1 aromatic carbocycles. The molecule has 5 nitrogen and oxygen atoms in total. The Morgan fingerprint density at radius 3 is 2.58 bits per heavy atom. The molecule has 2 aromatic heterocycles. The number of alkyl halides is 3. The lowest BCUT2D eigenvalue weighted by atomic mass is 10.1. The van der Waals surface area contributed by atoms with E-state index in [-0.39, 0.29) is 17.9 Å². The van der Waals surface area contributed by atoms with Crippen LogP contribution in [0.5, 0.6) is 5.75 Å². The van der Waals surface area contributed by atoms with Gasteiger partial charge >= 0.3 is 6.36 Å². The third kappa shape index (κ3) is 4.62. The highest BCUT2D eigenvalue weighted by Crippen LogP contribution is 2.23. The minimum atomic E-state index is -4.77. The molecule has 134 valence electrons. The van der Waals surface area contributed by atoms with Gasteiger partial charge in [0.2, 0.25) is 0 Å².